The molecule has 0 aromatic carbocycles. The van der Waals surface area contributed by atoms with Crippen LogP contribution < -0.4 is 28.3 Å². The monoisotopic (exact) mass is 383 g/mol. The molecule has 1 N–H and O–H groups in total. The Labute approximate surface area is 144 Å². The number of fused-ring (bicyclic) bond motifs is 1. The van der Waals surface area contributed by atoms with Crippen LogP contribution in [0.15, 0.2) is 24.3 Å². The molecule has 0 heterocycles. The fourth-order valence-electron chi connectivity index (χ4n) is 3.29. The first-order valence-electron chi connectivity index (χ1n) is 7.19. The third-order valence-electron chi connectivity index (χ3n) is 3.99. The molecule has 1 nitrogen and oxygen atoms in total. The van der Waals surface area contributed by atoms with Crippen molar-refractivity contribution in [2.24, 2.45) is 11.8 Å². The third kappa shape index (κ3) is 5.42. The van der Waals surface area contributed by atoms with Crippen LogP contribution in [0.4, 0.5) is 0 Å². The Morgan fingerprint density at radius 2 is 1.65 bits per heavy atom. The van der Waals surface area contributed by atoms with Crippen molar-refractivity contribution in [3.8, 4) is 0 Å². The van der Waals surface area contributed by atoms with Crippen molar-refractivity contribution in [3.05, 3.63) is 24.3 Å². The molecule has 6 heteroatoms. The van der Waals surface area contributed by atoms with Crippen molar-refractivity contribution in [1.82, 2.24) is 3.46 Å². The Morgan fingerprint density at radius 3 is 2.20 bits per heavy atom. The molecule has 0 aromatic rings. The van der Waals surface area contributed by atoms with Gasteiger partial charge in [0, 0.05) is 0 Å². The average Bonchev–Trinajstić information content (AvgIpc) is 2.68. The van der Waals surface area contributed by atoms with Crippen LogP contribution in [0.5, 0.6) is 0 Å². The summed E-state index contributed by atoms with van der Waals surface area (Å²) in [6.45, 7) is 12.6. The van der Waals surface area contributed by atoms with Gasteiger partial charge in [0.1, 0.15) is 0 Å². The molecule has 1 fully saturated rings. The molecule has 2 aliphatic rings. The van der Waals surface area contributed by atoms with Gasteiger partial charge in [-0.1, -0.05) is 0 Å². The third-order valence-corrected chi connectivity index (χ3v) is 21.2. The molecule has 0 spiro atoms. The van der Waals surface area contributed by atoms with E-state index in [9.17, 15) is 0 Å². The summed E-state index contributed by atoms with van der Waals surface area (Å²) in [7, 11) is -1.10. The van der Waals surface area contributed by atoms with E-state index in [1.54, 1.807) is 0 Å². The van der Waals surface area contributed by atoms with Gasteiger partial charge in [0.15, 0.2) is 0 Å². The second-order valence-electron chi connectivity index (χ2n) is 6.98. The van der Waals surface area contributed by atoms with Gasteiger partial charge >= 0.3 is 121 Å². The predicted molar refractivity (Wildman–Crippen MR) is 82.2 cm³/mol. The van der Waals surface area contributed by atoms with Crippen LogP contribution >= 0.6 is 0 Å². The van der Waals surface area contributed by atoms with E-state index in [0.29, 0.717) is 0 Å². The first-order valence-corrected chi connectivity index (χ1v) is 17.2. The van der Waals surface area contributed by atoms with Gasteiger partial charge < -0.3 is 24.8 Å². The molecule has 0 bridgehead atoms. The maximum Gasteiger partial charge on any atom is -1.00 e. The number of halogens is 2. The summed E-state index contributed by atoms with van der Waals surface area (Å²) < 4.78 is 5.27. The van der Waals surface area contributed by atoms with E-state index in [2.05, 4.69) is 60.5 Å². The topological polar surface area (TPSA) is 12.0 Å². The van der Waals surface area contributed by atoms with E-state index < -0.39 is 25.1 Å². The minimum atomic E-state index is -1.10. The Balaban J connectivity index is 0.00000180. The minimum absolute atomic E-state index is 0. The van der Waals surface area contributed by atoms with Gasteiger partial charge in [-0.05, 0) is 0 Å². The quantitative estimate of drug-likeness (QED) is 0.564. The maximum absolute atomic E-state index is 4.22. The van der Waals surface area contributed by atoms with Gasteiger partial charge in [0.2, 0.25) is 0 Å². The number of rotatable bonds is 3. The second-order valence-corrected chi connectivity index (χ2v) is 24.3. The summed E-state index contributed by atoms with van der Waals surface area (Å²) in [5.41, 5.74) is 0. The van der Waals surface area contributed by atoms with E-state index in [-0.39, 0.29) is 31.0 Å². The molecule has 0 radical (unpaired) electrons. The molecule has 0 aliphatic heterocycles. The molecule has 2 rings (SSSR count). The molecular formula is C14H27Cl2NSi2Ti. The van der Waals surface area contributed by atoms with Crippen LogP contribution in [0.2, 0.25) is 37.0 Å². The average molecular weight is 384 g/mol. The molecule has 0 aromatic heterocycles. The summed E-state index contributed by atoms with van der Waals surface area (Å²) in [5.74, 6) is 1.75. The number of hydrogen-bond donors (Lipinski definition) is 1. The minimum Gasteiger partial charge on any atom is -1.00 e. The van der Waals surface area contributed by atoms with Gasteiger partial charge in [-0.25, -0.2) is 0 Å². The van der Waals surface area contributed by atoms with Crippen LogP contribution in [0, 0.1) is 11.8 Å². The summed E-state index contributed by atoms with van der Waals surface area (Å²) >= 11 is -1.06. The molecule has 2 aliphatic carbocycles. The summed E-state index contributed by atoms with van der Waals surface area (Å²) in [4.78, 5) is 0. The first kappa shape index (κ1) is 21.2. The van der Waals surface area contributed by atoms with E-state index in [4.69, 9.17) is 0 Å². The molecule has 0 amide bonds. The fraction of sp³-hybridized carbons (Fsp3) is 0.714. The van der Waals surface area contributed by atoms with Crippen molar-refractivity contribution in [2.45, 2.75) is 49.8 Å². The molecule has 20 heavy (non-hydrogen) atoms. The molecular weight excluding hydrogens is 357 g/mol. The Morgan fingerprint density at radius 1 is 1.05 bits per heavy atom. The normalized spacial score (nSPS) is 26.9. The van der Waals surface area contributed by atoms with E-state index in [1.165, 1.54) is 12.8 Å². The van der Waals surface area contributed by atoms with Crippen molar-refractivity contribution >= 4 is 14.4 Å². The van der Waals surface area contributed by atoms with Gasteiger partial charge in [0.05, 0.1) is 0 Å². The standard InChI is InChI=1S/C9H11.C3H10NSi.C2H6Si.2ClH.Ti/c1-2-5-9-7-3-6-8(9)4-1;1-5(2,3)4;1-3-2;;;/h1-2,4-6,8-9H,3,7H2;4H,1-3H3;1-2H3;2*1H;/q;-1;;;;+3/p-2. The number of nitrogens with one attached hydrogen (secondary N) is 1. The zero-order chi connectivity index (χ0) is 13.3. The molecule has 3 atom stereocenters. The molecule has 3 unspecified atom stereocenters. The Bertz CT molecular complexity index is 412. The van der Waals surface area contributed by atoms with Crippen molar-refractivity contribution in [1.29, 1.82) is 0 Å². The van der Waals surface area contributed by atoms with Crippen LogP contribution in [0.1, 0.15) is 12.8 Å². The van der Waals surface area contributed by atoms with Crippen molar-refractivity contribution < 1.29 is 41.7 Å². The van der Waals surface area contributed by atoms with E-state index >= 15 is 0 Å². The van der Waals surface area contributed by atoms with Gasteiger partial charge in [-0.2, -0.15) is 0 Å². The Hall–Kier alpha value is 1.17. The van der Waals surface area contributed by atoms with Gasteiger partial charge in [-0.3, -0.25) is 0 Å². The van der Waals surface area contributed by atoms with Crippen molar-refractivity contribution in [2.75, 3.05) is 0 Å². The summed E-state index contributed by atoms with van der Waals surface area (Å²) in [6, 6.07) is 0. The SMILES string of the molecule is C[Si](C)=[Ti+2]([NH][Si](C)(C)C)[CH]1CCC2C=CC=CC21.[Cl-].[Cl-]. The molecule has 0 saturated heterocycles. The molecule has 114 valence electrons. The smallest absolute Gasteiger partial charge is 1.00 e. The predicted octanol–water partition coefficient (Wildman–Crippen LogP) is -1.86. The zero-order valence-electron chi connectivity index (χ0n) is 13.2. The molecule has 1 saturated carbocycles. The summed E-state index contributed by atoms with van der Waals surface area (Å²) in [5, 5.41) is 0. The maximum atomic E-state index is 4.22. The number of allylic oxidation sites excluding steroid dienone is 4. The van der Waals surface area contributed by atoms with Gasteiger partial charge in [0.25, 0.3) is 0 Å². The van der Waals surface area contributed by atoms with Gasteiger partial charge in [-0.15, -0.1) is 0 Å². The van der Waals surface area contributed by atoms with Crippen LogP contribution in [0.3, 0.4) is 0 Å². The second kappa shape index (κ2) is 8.71. The van der Waals surface area contributed by atoms with Crippen LogP contribution in [0.25, 0.3) is 0 Å². The van der Waals surface area contributed by atoms with Crippen molar-refractivity contribution in [3.63, 3.8) is 0 Å². The largest absolute Gasteiger partial charge is 1.00 e. The summed E-state index contributed by atoms with van der Waals surface area (Å²) in [6.07, 6.45) is 12.4. The number of hydrogen-bond acceptors (Lipinski definition) is 1. The van der Waals surface area contributed by atoms with E-state index in [0.717, 1.165) is 16.1 Å². The van der Waals surface area contributed by atoms with E-state index in [1.807, 2.05) is 0 Å². The Kier molecular flexibility index (Phi) is 9.22. The zero-order valence-corrected chi connectivity index (χ0v) is 18.3. The van der Waals surface area contributed by atoms with Crippen LogP contribution in [-0.4, -0.2) is 14.4 Å². The first-order chi connectivity index (χ1) is 8.38. The fourth-order valence-corrected chi connectivity index (χ4v) is 25.6. The van der Waals surface area contributed by atoms with Crippen LogP contribution in [-0.2, 0) is 16.9 Å².